The summed E-state index contributed by atoms with van der Waals surface area (Å²) >= 11 is 0. The van der Waals surface area contributed by atoms with Crippen molar-refractivity contribution in [1.82, 2.24) is 4.90 Å². The van der Waals surface area contributed by atoms with Crippen molar-refractivity contribution in [2.24, 2.45) is 0 Å². The van der Waals surface area contributed by atoms with Gasteiger partial charge in [0.15, 0.2) is 0 Å². The molecule has 0 radical (unpaired) electrons. The Hall–Kier alpha value is -0.120. The topological polar surface area (TPSA) is 32.7 Å². The maximum atomic E-state index is 9.30. The first-order chi connectivity index (χ1) is 5.25. The third-order valence-electron chi connectivity index (χ3n) is 2.05. The van der Waals surface area contributed by atoms with Crippen molar-refractivity contribution in [2.45, 2.75) is 39.1 Å². The number of nitrogens with zero attached hydrogens (tertiary/aromatic N) is 1. The van der Waals surface area contributed by atoms with Gasteiger partial charge in [-0.1, -0.05) is 13.3 Å². The molecular weight excluding hydrogens is 142 g/mol. The van der Waals surface area contributed by atoms with Gasteiger partial charge in [-0.25, -0.2) is 0 Å². The predicted octanol–water partition coefficient (Wildman–Crippen LogP) is 0.783. The molecule has 0 saturated carbocycles. The van der Waals surface area contributed by atoms with E-state index in [0.717, 1.165) is 26.0 Å². The molecule has 1 heterocycles. The van der Waals surface area contributed by atoms with Gasteiger partial charge < -0.3 is 9.84 Å². The van der Waals surface area contributed by atoms with Crippen molar-refractivity contribution >= 4 is 0 Å². The van der Waals surface area contributed by atoms with E-state index >= 15 is 0 Å². The summed E-state index contributed by atoms with van der Waals surface area (Å²) < 4.78 is 5.43. The number of ether oxygens (including phenoxy) is 1. The van der Waals surface area contributed by atoms with Gasteiger partial charge in [-0.2, -0.15) is 0 Å². The minimum atomic E-state index is -0.367. The zero-order valence-corrected chi connectivity index (χ0v) is 7.29. The molecule has 2 atom stereocenters. The Labute approximate surface area is 68.0 Å². The smallest absolute Gasteiger partial charge is 0.112 e. The second-order valence-electron chi connectivity index (χ2n) is 2.98. The van der Waals surface area contributed by atoms with Crippen molar-refractivity contribution in [3.63, 3.8) is 0 Å². The van der Waals surface area contributed by atoms with Crippen LogP contribution in [0.3, 0.4) is 0 Å². The molecule has 0 aromatic carbocycles. The van der Waals surface area contributed by atoms with Gasteiger partial charge in [-0.05, 0) is 13.3 Å². The first-order valence-electron chi connectivity index (χ1n) is 4.31. The lowest BCUT2D eigenvalue weighted by atomic mass is 10.3. The number of aliphatic hydroxyl groups is 1. The van der Waals surface area contributed by atoms with Gasteiger partial charge in [0, 0.05) is 6.54 Å². The van der Waals surface area contributed by atoms with Crippen LogP contribution < -0.4 is 0 Å². The largest absolute Gasteiger partial charge is 0.379 e. The fourth-order valence-electron chi connectivity index (χ4n) is 1.46. The molecule has 1 aliphatic rings. The molecule has 0 aromatic heterocycles. The average molecular weight is 159 g/mol. The summed E-state index contributed by atoms with van der Waals surface area (Å²) in [6, 6.07) is 0. The second-order valence-corrected chi connectivity index (χ2v) is 2.98. The van der Waals surface area contributed by atoms with E-state index in [1.165, 1.54) is 0 Å². The van der Waals surface area contributed by atoms with E-state index in [4.69, 9.17) is 4.74 Å². The Bertz CT molecular complexity index is 117. The molecule has 0 aliphatic carbocycles. The maximum absolute atomic E-state index is 9.30. The fourth-order valence-corrected chi connectivity index (χ4v) is 1.46. The number of rotatable bonds is 3. The van der Waals surface area contributed by atoms with Gasteiger partial charge in [0.05, 0.1) is 6.61 Å². The van der Waals surface area contributed by atoms with Crippen LogP contribution in [-0.4, -0.2) is 35.6 Å². The monoisotopic (exact) mass is 159 g/mol. The van der Waals surface area contributed by atoms with E-state index in [0.29, 0.717) is 0 Å². The molecule has 0 bridgehead atoms. The van der Waals surface area contributed by atoms with Gasteiger partial charge in [-0.15, -0.1) is 0 Å². The molecule has 11 heavy (non-hydrogen) atoms. The zero-order chi connectivity index (χ0) is 8.27. The quantitative estimate of drug-likeness (QED) is 0.660. The first-order valence-corrected chi connectivity index (χ1v) is 4.31. The summed E-state index contributed by atoms with van der Waals surface area (Å²) in [6.07, 6.45) is 1.91. The maximum Gasteiger partial charge on any atom is 0.112 e. The van der Waals surface area contributed by atoms with Crippen LogP contribution >= 0.6 is 0 Å². The van der Waals surface area contributed by atoms with Crippen molar-refractivity contribution in [2.75, 3.05) is 13.2 Å². The Balaban J connectivity index is 2.37. The highest BCUT2D eigenvalue weighted by atomic mass is 16.5. The normalized spacial score (nSPS) is 29.2. The third kappa shape index (κ3) is 2.15. The van der Waals surface area contributed by atoms with Crippen LogP contribution in [0.5, 0.6) is 0 Å². The molecule has 1 rings (SSSR count). The van der Waals surface area contributed by atoms with Crippen LogP contribution in [0.25, 0.3) is 0 Å². The molecule has 2 unspecified atom stereocenters. The molecule has 1 saturated heterocycles. The van der Waals surface area contributed by atoms with Gasteiger partial charge in [0.25, 0.3) is 0 Å². The van der Waals surface area contributed by atoms with Crippen LogP contribution in [0.1, 0.15) is 26.7 Å². The van der Waals surface area contributed by atoms with Gasteiger partial charge in [0.2, 0.25) is 0 Å². The van der Waals surface area contributed by atoms with E-state index in [9.17, 15) is 5.11 Å². The minimum absolute atomic E-state index is 0.153. The van der Waals surface area contributed by atoms with Crippen molar-refractivity contribution in [3.8, 4) is 0 Å². The molecule has 66 valence electrons. The average Bonchev–Trinajstić information content (AvgIpc) is 2.36. The molecular formula is C8H17NO2. The molecule has 3 heteroatoms. The SMILES string of the molecule is CCCC1OCCN1C(C)O. The summed E-state index contributed by atoms with van der Waals surface area (Å²) in [5.74, 6) is 0. The van der Waals surface area contributed by atoms with E-state index in [1.807, 2.05) is 4.90 Å². The number of hydrogen-bond donors (Lipinski definition) is 1. The van der Waals surface area contributed by atoms with E-state index in [2.05, 4.69) is 6.92 Å². The summed E-state index contributed by atoms with van der Waals surface area (Å²) in [4.78, 5) is 1.99. The molecule has 1 aliphatic heterocycles. The summed E-state index contributed by atoms with van der Waals surface area (Å²) in [5, 5.41) is 9.30. The molecule has 3 nitrogen and oxygen atoms in total. The molecule has 1 N–H and O–H groups in total. The number of hydrogen-bond acceptors (Lipinski definition) is 3. The highest BCUT2D eigenvalue weighted by Gasteiger charge is 2.26. The van der Waals surface area contributed by atoms with Gasteiger partial charge in [0.1, 0.15) is 12.5 Å². The van der Waals surface area contributed by atoms with Crippen molar-refractivity contribution < 1.29 is 9.84 Å². The van der Waals surface area contributed by atoms with Gasteiger partial charge >= 0.3 is 0 Å². The van der Waals surface area contributed by atoms with Crippen LogP contribution in [0.4, 0.5) is 0 Å². The van der Waals surface area contributed by atoms with Crippen LogP contribution in [0, 0.1) is 0 Å². The zero-order valence-electron chi connectivity index (χ0n) is 7.29. The van der Waals surface area contributed by atoms with Crippen molar-refractivity contribution in [1.29, 1.82) is 0 Å². The van der Waals surface area contributed by atoms with E-state index < -0.39 is 0 Å². The summed E-state index contributed by atoms with van der Waals surface area (Å²) in [5.41, 5.74) is 0. The molecule has 0 aromatic rings. The van der Waals surface area contributed by atoms with Crippen molar-refractivity contribution in [3.05, 3.63) is 0 Å². The first kappa shape index (κ1) is 8.97. The lowest BCUT2D eigenvalue weighted by molar-refractivity contribution is -0.0581. The molecule has 0 spiro atoms. The highest BCUT2D eigenvalue weighted by molar-refractivity contribution is 4.69. The third-order valence-corrected chi connectivity index (χ3v) is 2.05. The van der Waals surface area contributed by atoms with E-state index in [-0.39, 0.29) is 12.5 Å². The number of aliphatic hydroxyl groups excluding tert-OH is 1. The second kappa shape index (κ2) is 4.04. The summed E-state index contributed by atoms with van der Waals surface area (Å²) in [7, 11) is 0. The highest BCUT2D eigenvalue weighted by Crippen LogP contribution is 2.16. The predicted molar refractivity (Wildman–Crippen MR) is 43.0 cm³/mol. The molecule has 1 fully saturated rings. The van der Waals surface area contributed by atoms with Crippen LogP contribution in [-0.2, 0) is 4.74 Å². The lowest BCUT2D eigenvalue weighted by Crippen LogP contribution is -2.37. The Morgan fingerprint density at radius 3 is 3.00 bits per heavy atom. The van der Waals surface area contributed by atoms with Crippen LogP contribution in [0.15, 0.2) is 0 Å². The standard InChI is InChI=1S/C8H17NO2/c1-3-4-8-9(7(2)10)5-6-11-8/h7-8,10H,3-6H2,1-2H3. The van der Waals surface area contributed by atoms with Crippen LogP contribution in [0.2, 0.25) is 0 Å². The Morgan fingerprint density at radius 2 is 2.45 bits per heavy atom. The fraction of sp³-hybridized carbons (Fsp3) is 1.00. The Kier molecular flexibility index (Phi) is 3.30. The summed E-state index contributed by atoms with van der Waals surface area (Å²) in [6.45, 7) is 5.54. The van der Waals surface area contributed by atoms with E-state index in [1.54, 1.807) is 6.92 Å². The Morgan fingerprint density at radius 1 is 1.73 bits per heavy atom. The van der Waals surface area contributed by atoms with Gasteiger partial charge in [-0.3, -0.25) is 4.90 Å². The minimum Gasteiger partial charge on any atom is -0.379 e. The molecule has 0 amide bonds. The lowest BCUT2D eigenvalue weighted by Gasteiger charge is -2.24.